The molecule has 0 aromatic heterocycles. The van der Waals surface area contributed by atoms with Crippen LogP contribution in [0.2, 0.25) is 5.02 Å². The number of benzene rings is 3. The lowest BCUT2D eigenvalue weighted by Crippen LogP contribution is -2.50. The van der Waals surface area contributed by atoms with Crippen molar-refractivity contribution in [2.75, 3.05) is 10.8 Å². The lowest BCUT2D eigenvalue weighted by atomic mass is 9.95. The summed E-state index contributed by atoms with van der Waals surface area (Å²) in [5, 5.41) is 5.26. The second-order valence-electron chi connectivity index (χ2n) is 10.4. The molecule has 9 heteroatoms. The summed E-state index contributed by atoms with van der Waals surface area (Å²) in [6.45, 7) is 2.12. The highest BCUT2D eigenvalue weighted by atomic mass is 35.5. The van der Waals surface area contributed by atoms with E-state index in [1.807, 2.05) is 36.4 Å². The number of anilines is 1. The highest BCUT2D eigenvalue weighted by Crippen LogP contribution is 2.42. The largest absolute Gasteiger partial charge is 0.352 e. The van der Waals surface area contributed by atoms with Gasteiger partial charge in [0.05, 0.1) is 10.6 Å². The van der Waals surface area contributed by atoms with Gasteiger partial charge >= 0.3 is 0 Å². The summed E-state index contributed by atoms with van der Waals surface area (Å²) in [5.41, 5.74) is 1.40. The third-order valence-electron chi connectivity index (χ3n) is 7.85. The van der Waals surface area contributed by atoms with Crippen molar-refractivity contribution < 1.29 is 18.0 Å². The Kier molecular flexibility index (Phi) is 8.14. The fourth-order valence-corrected chi connectivity index (χ4v) is 7.62. The first kappa shape index (κ1) is 27.5. The number of rotatable bonds is 9. The van der Waals surface area contributed by atoms with Crippen LogP contribution in [0.3, 0.4) is 0 Å². The van der Waals surface area contributed by atoms with Gasteiger partial charge in [0, 0.05) is 36.0 Å². The molecule has 1 atom stereocenters. The first-order valence-electron chi connectivity index (χ1n) is 13.6. The first-order chi connectivity index (χ1) is 18.8. The molecule has 1 N–H and O–H groups in total. The summed E-state index contributed by atoms with van der Waals surface area (Å²) in [6.07, 6.45) is 5.71. The van der Waals surface area contributed by atoms with Crippen LogP contribution in [0.25, 0.3) is 10.8 Å². The second-order valence-corrected chi connectivity index (χ2v) is 12.7. The quantitative estimate of drug-likeness (QED) is 0.362. The van der Waals surface area contributed by atoms with Crippen LogP contribution in [0.1, 0.15) is 57.4 Å². The maximum atomic E-state index is 13.6. The van der Waals surface area contributed by atoms with E-state index in [0.717, 1.165) is 42.0 Å². The van der Waals surface area contributed by atoms with Gasteiger partial charge in [0.2, 0.25) is 11.8 Å². The zero-order valence-corrected chi connectivity index (χ0v) is 23.7. The maximum Gasteiger partial charge on any atom is 0.265 e. The van der Waals surface area contributed by atoms with E-state index in [-0.39, 0.29) is 37.4 Å². The number of hydrogen-bond acceptors (Lipinski definition) is 4. The molecule has 39 heavy (non-hydrogen) atoms. The van der Waals surface area contributed by atoms with Gasteiger partial charge in [0.1, 0.15) is 6.04 Å². The Morgan fingerprint density at radius 2 is 1.74 bits per heavy atom. The fraction of sp³-hybridized carbons (Fsp3) is 0.400. The Balaban J connectivity index is 1.30. The van der Waals surface area contributed by atoms with Crippen LogP contribution >= 0.6 is 11.6 Å². The zero-order valence-electron chi connectivity index (χ0n) is 22.1. The number of amides is 2. The number of carbonyl (C=O) groups is 2. The van der Waals surface area contributed by atoms with Crippen LogP contribution in [-0.2, 0) is 26.2 Å². The highest BCUT2D eigenvalue weighted by molar-refractivity contribution is 7.93. The SMILES string of the molecule is CC(C(=O)NC1CCCCC1)N(Cc1ccccc1Cl)C(=O)CCCN1c2cccc3cccc(c23)S1(=O)=O. The summed E-state index contributed by atoms with van der Waals surface area (Å²) in [5.74, 6) is -0.389. The number of carbonyl (C=O) groups excluding carboxylic acids is 2. The predicted octanol–water partition coefficient (Wildman–Crippen LogP) is 5.65. The van der Waals surface area contributed by atoms with Crippen LogP contribution in [0.4, 0.5) is 5.69 Å². The zero-order chi connectivity index (χ0) is 27.6. The predicted molar refractivity (Wildman–Crippen MR) is 154 cm³/mol. The van der Waals surface area contributed by atoms with E-state index in [2.05, 4.69) is 5.32 Å². The number of nitrogens with zero attached hydrogens (tertiary/aromatic N) is 2. The molecule has 7 nitrogen and oxygen atoms in total. The molecule has 0 bridgehead atoms. The monoisotopic (exact) mass is 567 g/mol. The van der Waals surface area contributed by atoms with E-state index in [9.17, 15) is 18.0 Å². The minimum absolute atomic E-state index is 0.101. The third-order valence-corrected chi connectivity index (χ3v) is 10.1. The normalized spacial score (nSPS) is 17.2. The van der Waals surface area contributed by atoms with Gasteiger partial charge in [-0.2, -0.15) is 0 Å². The van der Waals surface area contributed by atoms with Crippen LogP contribution in [-0.4, -0.2) is 43.8 Å². The Labute approximate surface area is 235 Å². The standard InChI is InChI=1S/C30H34ClN3O4S/c1-21(30(36)32-24-13-3-2-4-14-24)33(20-23-10-5-6-15-25(23)31)28(35)18-9-19-34-26-16-7-11-22-12-8-17-27(29(22)26)39(34,37)38/h5-8,10-12,15-17,21,24H,2-4,9,13-14,18-20H2,1H3,(H,32,36). The minimum atomic E-state index is -3.69. The molecular weight excluding hydrogens is 534 g/mol. The van der Waals surface area contributed by atoms with Crippen LogP contribution in [0, 0.1) is 0 Å². The van der Waals surface area contributed by atoms with Crippen molar-refractivity contribution in [1.29, 1.82) is 0 Å². The Morgan fingerprint density at radius 1 is 1.03 bits per heavy atom. The van der Waals surface area contributed by atoms with Gasteiger partial charge in [0.25, 0.3) is 10.0 Å². The number of halogens is 1. The molecular formula is C30H34ClN3O4S. The third kappa shape index (κ3) is 5.63. The lowest BCUT2D eigenvalue weighted by Gasteiger charge is -2.31. The van der Waals surface area contributed by atoms with Crippen molar-refractivity contribution in [2.24, 2.45) is 0 Å². The number of sulfonamides is 1. The smallest absolute Gasteiger partial charge is 0.265 e. The van der Waals surface area contributed by atoms with Crippen molar-refractivity contribution in [3.63, 3.8) is 0 Å². The van der Waals surface area contributed by atoms with Gasteiger partial charge in [-0.3, -0.25) is 13.9 Å². The molecule has 2 aliphatic rings. The van der Waals surface area contributed by atoms with E-state index in [1.54, 1.807) is 36.1 Å². The van der Waals surface area contributed by atoms with Crippen molar-refractivity contribution in [3.8, 4) is 0 Å². The molecule has 0 radical (unpaired) electrons. The molecule has 0 spiro atoms. The van der Waals surface area contributed by atoms with Gasteiger partial charge in [-0.15, -0.1) is 0 Å². The summed E-state index contributed by atoms with van der Waals surface area (Å²) in [6, 6.07) is 17.6. The molecule has 1 aliphatic heterocycles. The highest BCUT2D eigenvalue weighted by Gasteiger charge is 2.35. The van der Waals surface area contributed by atoms with Gasteiger partial charge < -0.3 is 10.2 Å². The molecule has 3 aromatic carbocycles. The molecule has 2 amide bonds. The Morgan fingerprint density at radius 3 is 2.49 bits per heavy atom. The van der Waals surface area contributed by atoms with E-state index >= 15 is 0 Å². The maximum absolute atomic E-state index is 13.6. The molecule has 1 heterocycles. The van der Waals surface area contributed by atoms with Gasteiger partial charge in [-0.1, -0.05) is 73.3 Å². The molecule has 3 aromatic rings. The average molecular weight is 568 g/mol. The average Bonchev–Trinajstić information content (AvgIpc) is 3.16. The van der Waals surface area contributed by atoms with E-state index in [1.165, 1.54) is 10.7 Å². The Bertz CT molecular complexity index is 1480. The van der Waals surface area contributed by atoms with Gasteiger partial charge in [0.15, 0.2) is 0 Å². The summed E-state index contributed by atoms with van der Waals surface area (Å²) < 4.78 is 28.0. The molecule has 206 valence electrons. The first-order valence-corrected chi connectivity index (χ1v) is 15.5. The topological polar surface area (TPSA) is 86.8 Å². The summed E-state index contributed by atoms with van der Waals surface area (Å²) in [7, 11) is -3.69. The Hall–Kier alpha value is -3.10. The molecule has 1 fully saturated rings. The molecule has 1 saturated carbocycles. The van der Waals surface area contributed by atoms with Crippen LogP contribution in [0.5, 0.6) is 0 Å². The van der Waals surface area contributed by atoms with E-state index in [4.69, 9.17) is 11.6 Å². The van der Waals surface area contributed by atoms with Crippen molar-refractivity contribution >= 4 is 49.9 Å². The van der Waals surface area contributed by atoms with Gasteiger partial charge in [-0.05, 0) is 55.3 Å². The van der Waals surface area contributed by atoms with Crippen molar-refractivity contribution in [3.05, 3.63) is 71.2 Å². The van der Waals surface area contributed by atoms with Crippen molar-refractivity contribution in [2.45, 2.75) is 75.4 Å². The van der Waals surface area contributed by atoms with Crippen LogP contribution in [0.15, 0.2) is 65.6 Å². The summed E-state index contributed by atoms with van der Waals surface area (Å²) in [4.78, 5) is 28.6. The minimum Gasteiger partial charge on any atom is -0.352 e. The second kappa shape index (κ2) is 11.6. The van der Waals surface area contributed by atoms with Gasteiger partial charge in [-0.25, -0.2) is 8.42 Å². The van der Waals surface area contributed by atoms with Crippen molar-refractivity contribution in [1.82, 2.24) is 10.2 Å². The van der Waals surface area contributed by atoms with E-state index in [0.29, 0.717) is 22.0 Å². The van der Waals surface area contributed by atoms with Crippen LogP contribution < -0.4 is 9.62 Å². The molecule has 5 rings (SSSR count). The lowest BCUT2D eigenvalue weighted by molar-refractivity contribution is -0.141. The molecule has 1 aliphatic carbocycles. The number of hydrogen-bond donors (Lipinski definition) is 1. The van der Waals surface area contributed by atoms with E-state index < -0.39 is 16.1 Å². The molecule has 0 saturated heterocycles. The number of nitrogens with one attached hydrogen (secondary N) is 1. The summed E-state index contributed by atoms with van der Waals surface area (Å²) >= 11 is 6.41. The fourth-order valence-electron chi connectivity index (χ4n) is 5.68. The molecule has 1 unspecified atom stereocenters.